The van der Waals surface area contributed by atoms with Crippen molar-refractivity contribution in [3.05, 3.63) is 29.8 Å². The second-order valence-corrected chi connectivity index (χ2v) is 6.08. The quantitative estimate of drug-likeness (QED) is 0.678. The van der Waals surface area contributed by atoms with E-state index in [0.717, 1.165) is 17.9 Å². The van der Waals surface area contributed by atoms with Gasteiger partial charge in [-0.05, 0) is 23.6 Å². The van der Waals surface area contributed by atoms with E-state index >= 15 is 0 Å². The first-order chi connectivity index (χ1) is 11.0. The first-order valence-corrected chi connectivity index (χ1v) is 8.03. The molecule has 0 spiro atoms. The van der Waals surface area contributed by atoms with Crippen LogP contribution in [0.2, 0.25) is 0 Å². The number of aliphatic hydroxyl groups is 1. The van der Waals surface area contributed by atoms with Crippen molar-refractivity contribution in [3.63, 3.8) is 0 Å². The summed E-state index contributed by atoms with van der Waals surface area (Å²) in [7, 11) is 1.64. The molecule has 0 fully saturated rings. The molecule has 0 aliphatic heterocycles. The number of methoxy groups -OCH3 is 1. The molecule has 0 aromatic heterocycles. The zero-order valence-corrected chi connectivity index (χ0v) is 14.4. The van der Waals surface area contributed by atoms with Crippen molar-refractivity contribution in [1.82, 2.24) is 4.90 Å². The number of aliphatic hydroxyl groups excluding tert-OH is 1. The Morgan fingerprint density at radius 3 is 2.48 bits per heavy atom. The van der Waals surface area contributed by atoms with Gasteiger partial charge in [-0.15, -0.1) is 0 Å². The second-order valence-electron chi connectivity index (χ2n) is 6.08. The lowest BCUT2D eigenvalue weighted by Gasteiger charge is -2.25. The Kier molecular flexibility index (Phi) is 9.30. The summed E-state index contributed by atoms with van der Waals surface area (Å²) in [4.78, 5) is 2.12. The molecule has 0 bridgehead atoms. The molecule has 128 valence electrons. The van der Waals surface area contributed by atoms with Crippen molar-refractivity contribution in [2.75, 3.05) is 33.4 Å². The van der Waals surface area contributed by atoms with Crippen molar-refractivity contribution >= 4 is 0 Å². The van der Waals surface area contributed by atoms with Crippen molar-refractivity contribution in [2.45, 2.75) is 33.0 Å². The average Bonchev–Trinajstić information content (AvgIpc) is 2.52. The van der Waals surface area contributed by atoms with Crippen LogP contribution >= 0.6 is 0 Å². The van der Waals surface area contributed by atoms with E-state index in [1.165, 1.54) is 0 Å². The van der Waals surface area contributed by atoms with Gasteiger partial charge in [-0.25, -0.2) is 0 Å². The smallest absolute Gasteiger partial charge is 0.118 e. The largest absolute Gasteiger partial charge is 0.497 e. The number of hydrogen-bond acceptors (Lipinski definition) is 5. The molecule has 23 heavy (non-hydrogen) atoms. The number of benzene rings is 1. The molecule has 0 saturated heterocycles. The predicted octanol–water partition coefficient (Wildman–Crippen LogP) is 2.44. The Morgan fingerprint density at radius 1 is 1.22 bits per heavy atom. The molecule has 0 unspecified atom stereocenters. The Bertz CT molecular complexity index is 468. The second kappa shape index (κ2) is 11.0. The van der Waals surface area contributed by atoms with Crippen LogP contribution in [0.4, 0.5) is 0 Å². The summed E-state index contributed by atoms with van der Waals surface area (Å²) < 4.78 is 10.7. The third kappa shape index (κ3) is 8.56. The van der Waals surface area contributed by atoms with Gasteiger partial charge in [0.25, 0.3) is 0 Å². The van der Waals surface area contributed by atoms with Gasteiger partial charge >= 0.3 is 0 Å². The molecule has 0 amide bonds. The van der Waals surface area contributed by atoms with E-state index in [4.69, 9.17) is 14.7 Å². The minimum Gasteiger partial charge on any atom is -0.497 e. The normalized spacial score (nSPS) is 12.4. The fourth-order valence-corrected chi connectivity index (χ4v) is 2.37. The average molecular weight is 320 g/mol. The van der Waals surface area contributed by atoms with E-state index in [9.17, 15) is 5.11 Å². The molecule has 1 aromatic carbocycles. The number of hydrogen-bond donors (Lipinski definition) is 1. The van der Waals surface area contributed by atoms with Gasteiger partial charge < -0.3 is 14.6 Å². The molecule has 5 nitrogen and oxygen atoms in total. The van der Waals surface area contributed by atoms with E-state index in [1.807, 2.05) is 24.3 Å². The molecule has 0 saturated carbocycles. The topological polar surface area (TPSA) is 65.7 Å². The number of nitrogens with zero attached hydrogens (tertiary/aromatic N) is 2. The lowest BCUT2D eigenvalue weighted by atomic mass is 10.2. The van der Waals surface area contributed by atoms with E-state index < -0.39 is 6.10 Å². The minimum absolute atomic E-state index is 0.285. The summed E-state index contributed by atoms with van der Waals surface area (Å²) in [6.07, 6.45) is -0.0720. The Labute approximate surface area is 139 Å². The molecule has 0 radical (unpaired) electrons. The van der Waals surface area contributed by atoms with Crippen LogP contribution in [0.25, 0.3) is 0 Å². The number of ether oxygens (including phenoxy) is 2. The van der Waals surface area contributed by atoms with Crippen LogP contribution in [0.5, 0.6) is 5.75 Å². The first-order valence-electron chi connectivity index (χ1n) is 8.03. The minimum atomic E-state index is -0.550. The standard InChI is InChI=1S/C18H28N2O3/c1-15(2)11-20(10-4-9-19)12-17(21)14-23-13-16-5-7-18(22-3)8-6-16/h5-8,15,17,21H,4,10-14H2,1-3H3/t17-/m0/s1. The highest BCUT2D eigenvalue weighted by Gasteiger charge is 2.13. The highest BCUT2D eigenvalue weighted by molar-refractivity contribution is 5.26. The maximum atomic E-state index is 10.1. The predicted molar refractivity (Wildman–Crippen MR) is 90.2 cm³/mol. The number of rotatable bonds is 11. The van der Waals surface area contributed by atoms with Gasteiger partial charge in [0.05, 0.1) is 32.5 Å². The molecular weight excluding hydrogens is 292 g/mol. The van der Waals surface area contributed by atoms with Crippen LogP contribution in [0.15, 0.2) is 24.3 Å². The van der Waals surface area contributed by atoms with Crippen molar-refractivity contribution in [2.24, 2.45) is 5.92 Å². The zero-order chi connectivity index (χ0) is 17.1. The summed E-state index contributed by atoms with van der Waals surface area (Å²) in [6.45, 7) is 7.10. The maximum absolute atomic E-state index is 10.1. The lowest BCUT2D eigenvalue weighted by Crippen LogP contribution is -2.37. The van der Waals surface area contributed by atoms with Gasteiger partial charge in [0.2, 0.25) is 0 Å². The molecule has 0 aliphatic carbocycles. The lowest BCUT2D eigenvalue weighted by molar-refractivity contribution is 0.00855. The third-order valence-electron chi connectivity index (χ3n) is 3.37. The Morgan fingerprint density at radius 2 is 1.91 bits per heavy atom. The van der Waals surface area contributed by atoms with Gasteiger partial charge in [-0.2, -0.15) is 5.26 Å². The SMILES string of the molecule is COc1ccc(COC[C@@H](O)CN(CCC#N)CC(C)C)cc1. The summed E-state index contributed by atoms with van der Waals surface area (Å²) in [5.74, 6) is 1.32. The van der Waals surface area contributed by atoms with Crippen LogP contribution < -0.4 is 4.74 Å². The van der Waals surface area contributed by atoms with Crippen LogP contribution in [0.3, 0.4) is 0 Å². The molecule has 5 heteroatoms. The van der Waals surface area contributed by atoms with Gasteiger partial charge in [0.1, 0.15) is 5.75 Å². The van der Waals surface area contributed by atoms with Crippen molar-refractivity contribution < 1.29 is 14.6 Å². The summed E-state index contributed by atoms with van der Waals surface area (Å²) in [5.41, 5.74) is 1.04. The van der Waals surface area contributed by atoms with Crippen LogP contribution in [0.1, 0.15) is 25.8 Å². The first kappa shape index (κ1) is 19.4. The summed E-state index contributed by atoms with van der Waals surface area (Å²) >= 11 is 0. The molecule has 0 heterocycles. The van der Waals surface area contributed by atoms with Gasteiger partial charge in [-0.3, -0.25) is 4.90 Å². The fraction of sp³-hybridized carbons (Fsp3) is 0.611. The van der Waals surface area contributed by atoms with Crippen molar-refractivity contribution in [3.8, 4) is 11.8 Å². The monoisotopic (exact) mass is 320 g/mol. The molecule has 1 aromatic rings. The van der Waals surface area contributed by atoms with E-state index in [2.05, 4.69) is 24.8 Å². The summed E-state index contributed by atoms with van der Waals surface area (Å²) in [6, 6.07) is 9.83. The van der Waals surface area contributed by atoms with Gasteiger partial charge in [-0.1, -0.05) is 26.0 Å². The highest BCUT2D eigenvalue weighted by atomic mass is 16.5. The van der Waals surface area contributed by atoms with E-state index in [1.54, 1.807) is 7.11 Å². The van der Waals surface area contributed by atoms with Crippen LogP contribution in [-0.4, -0.2) is 49.5 Å². The third-order valence-corrected chi connectivity index (χ3v) is 3.37. The fourth-order valence-electron chi connectivity index (χ4n) is 2.37. The Balaban J connectivity index is 2.32. The zero-order valence-electron chi connectivity index (χ0n) is 14.4. The molecule has 0 aliphatic rings. The Hall–Kier alpha value is -1.61. The van der Waals surface area contributed by atoms with E-state index in [0.29, 0.717) is 32.0 Å². The number of nitriles is 1. The van der Waals surface area contributed by atoms with Gasteiger partial charge in [0.15, 0.2) is 0 Å². The molecular formula is C18H28N2O3. The maximum Gasteiger partial charge on any atom is 0.118 e. The molecule has 1 rings (SSSR count). The highest BCUT2D eigenvalue weighted by Crippen LogP contribution is 2.12. The van der Waals surface area contributed by atoms with Crippen LogP contribution in [-0.2, 0) is 11.3 Å². The molecule has 1 atom stereocenters. The van der Waals surface area contributed by atoms with Crippen molar-refractivity contribution in [1.29, 1.82) is 5.26 Å². The van der Waals surface area contributed by atoms with E-state index in [-0.39, 0.29) is 6.61 Å². The molecule has 1 N–H and O–H groups in total. The van der Waals surface area contributed by atoms with Gasteiger partial charge in [0, 0.05) is 26.1 Å². The summed E-state index contributed by atoms with van der Waals surface area (Å²) in [5, 5.41) is 18.8. The van der Waals surface area contributed by atoms with Crippen LogP contribution in [0, 0.1) is 17.2 Å².